The van der Waals surface area contributed by atoms with E-state index >= 15 is 0 Å². The van der Waals surface area contributed by atoms with Gasteiger partial charge in [-0.1, -0.05) is 67.1 Å². The number of aromatic nitrogens is 2. The number of hydrogen-bond donors (Lipinski definition) is 0. The van der Waals surface area contributed by atoms with Crippen molar-refractivity contribution in [2.24, 2.45) is 4.99 Å². The molecular weight excluding hydrogens is 518 g/mol. The van der Waals surface area contributed by atoms with Gasteiger partial charge in [-0.05, 0) is 81.5 Å². The third kappa shape index (κ3) is 4.90. The van der Waals surface area contributed by atoms with Crippen molar-refractivity contribution < 1.29 is 9.53 Å². The molecule has 1 aliphatic rings. The maximum Gasteiger partial charge on any atom is 0.338 e. The van der Waals surface area contributed by atoms with Crippen molar-refractivity contribution in [2.75, 3.05) is 6.61 Å². The molecule has 0 N–H and O–H groups in total. The zero-order chi connectivity index (χ0) is 28.7. The molecule has 0 saturated carbocycles. The second-order valence-electron chi connectivity index (χ2n) is 10.6. The highest BCUT2D eigenvalue weighted by Crippen LogP contribution is 2.31. The smallest absolute Gasteiger partial charge is 0.338 e. The molecule has 0 fully saturated rings. The fourth-order valence-corrected chi connectivity index (χ4v) is 6.37. The minimum absolute atomic E-state index is 0.170. The number of esters is 1. The van der Waals surface area contributed by atoms with Crippen molar-refractivity contribution in [3.63, 3.8) is 0 Å². The van der Waals surface area contributed by atoms with E-state index in [9.17, 15) is 9.59 Å². The number of rotatable bonds is 6. The van der Waals surface area contributed by atoms with Gasteiger partial charge in [0.1, 0.15) is 0 Å². The summed E-state index contributed by atoms with van der Waals surface area (Å²) in [5.41, 5.74) is 8.25. The minimum atomic E-state index is -0.612. The van der Waals surface area contributed by atoms with Gasteiger partial charge < -0.3 is 9.30 Å². The number of aryl methyl sites for hydroxylation is 2. The number of benzene rings is 2. The van der Waals surface area contributed by atoms with Gasteiger partial charge in [0, 0.05) is 17.1 Å². The van der Waals surface area contributed by atoms with Crippen LogP contribution in [0, 0.1) is 20.8 Å². The van der Waals surface area contributed by atoms with Gasteiger partial charge in [-0.2, -0.15) is 0 Å². The molecule has 0 aliphatic carbocycles. The van der Waals surface area contributed by atoms with Crippen LogP contribution in [0.25, 0.3) is 11.8 Å². The number of carbonyl (C=O) groups excluding carboxylic acids is 1. The van der Waals surface area contributed by atoms with E-state index in [1.54, 1.807) is 11.5 Å². The Morgan fingerprint density at radius 3 is 2.35 bits per heavy atom. The molecule has 0 spiro atoms. The fraction of sp³-hybridized carbons (Fsp3) is 0.303. The van der Waals surface area contributed by atoms with E-state index in [1.807, 2.05) is 25.1 Å². The predicted molar refractivity (Wildman–Crippen MR) is 161 cm³/mol. The fourth-order valence-electron chi connectivity index (χ4n) is 5.34. The lowest BCUT2D eigenvalue weighted by molar-refractivity contribution is -0.139. The molecule has 5 rings (SSSR count). The van der Waals surface area contributed by atoms with E-state index in [0.717, 1.165) is 28.2 Å². The van der Waals surface area contributed by atoms with Crippen molar-refractivity contribution in [3.05, 3.63) is 119 Å². The molecule has 3 heterocycles. The third-order valence-corrected chi connectivity index (χ3v) is 8.47. The first-order valence-electron chi connectivity index (χ1n) is 13.7. The zero-order valence-corrected chi connectivity index (χ0v) is 24.9. The van der Waals surface area contributed by atoms with Gasteiger partial charge in [0.05, 0.1) is 28.5 Å². The lowest BCUT2D eigenvalue weighted by atomic mass is 9.93. The van der Waals surface area contributed by atoms with Crippen LogP contribution < -0.4 is 14.9 Å². The maximum absolute atomic E-state index is 14.0. The van der Waals surface area contributed by atoms with Crippen LogP contribution in [0.1, 0.15) is 73.3 Å². The normalized spacial score (nSPS) is 15.4. The molecule has 2 aromatic heterocycles. The molecule has 0 radical (unpaired) electrons. The van der Waals surface area contributed by atoms with Gasteiger partial charge in [0.2, 0.25) is 0 Å². The highest BCUT2D eigenvalue weighted by molar-refractivity contribution is 7.07. The summed E-state index contributed by atoms with van der Waals surface area (Å²) in [6, 6.07) is 18.0. The predicted octanol–water partition coefficient (Wildman–Crippen LogP) is 5.64. The van der Waals surface area contributed by atoms with E-state index in [0.29, 0.717) is 26.5 Å². The summed E-state index contributed by atoms with van der Waals surface area (Å²) in [6.45, 7) is 14.3. The average molecular weight is 554 g/mol. The van der Waals surface area contributed by atoms with Gasteiger partial charge >= 0.3 is 5.97 Å². The Morgan fingerprint density at radius 2 is 1.73 bits per heavy atom. The lowest BCUT2D eigenvalue weighted by Gasteiger charge is -2.25. The molecule has 40 heavy (non-hydrogen) atoms. The van der Waals surface area contributed by atoms with E-state index in [-0.39, 0.29) is 12.2 Å². The van der Waals surface area contributed by atoms with Crippen molar-refractivity contribution >= 4 is 23.4 Å². The number of ether oxygens (including phenoxy) is 1. The Labute approximate surface area is 238 Å². The van der Waals surface area contributed by atoms with Crippen LogP contribution in [0.5, 0.6) is 0 Å². The molecule has 7 heteroatoms. The second-order valence-corrected chi connectivity index (χ2v) is 11.6. The van der Waals surface area contributed by atoms with Crippen LogP contribution in [0.3, 0.4) is 0 Å². The standard InChI is InChI=1S/C33H35N3O3S/c1-8-39-32(38)29-22(6)34-33-36(30(29)25-13-11-24(12-14-25)19(2)3)31(37)28(40-33)18-26-17-21(5)35(23(26)7)27-15-9-20(4)10-16-27/h9-19,30H,8H2,1-7H3/b28-18-/t30-/m0/s1. The first kappa shape index (κ1) is 27.6. The molecular formula is C33H35N3O3S. The first-order chi connectivity index (χ1) is 19.1. The van der Waals surface area contributed by atoms with Crippen LogP contribution in [-0.4, -0.2) is 21.7 Å². The van der Waals surface area contributed by atoms with Crippen molar-refractivity contribution in [3.8, 4) is 5.69 Å². The van der Waals surface area contributed by atoms with E-state index in [2.05, 4.69) is 81.7 Å². The van der Waals surface area contributed by atoms with Gasteiger partial charge in [-0.25, -0.2) is 9.79 Å². The summed E-state index contributed by atoms with van der Waals surface area (Å²) in [5.74, 6) is -0.0747. The topological polar surface area (TPSA) is 65.6 Å². The van der Waals surface area contributed by atoms with Gasteiger partial charge in [0.15, 0.2) is 4.80 Å². The molecule has 0 saturated heterocycles. The Kier molecular flexibility index (Phi) is 7.51. The van der Waals surface area contributed by atoms with Crippen molar-refractivity contribution in [1.29, 1.82) is 0 Å². The molecule has 1 atom stereocenters. The van der Waals surface area contributed by atoms with Gasteiger partial charge in [-0.15, -0.1) is 0 Å². The quantitative estimate of drug-likeness (QED) is 0.291. The average Bonchev–Trinajstić information content (AvgIpc) is 3.38. The summed E-state index contributed by atoms with van der Waals surface area (Å²) < 4.78 is 9.85. The number of thiazole rings is 1. The van der Waals surface area contributed by atoms with Crippen molar-refractivity contribution in [2.45, 2.75) is 60.4 Å². The molecule has 0 unspecified atom stereocenters. The van der Waals surface area contributed by atoms with E-state index in [1.165, 1.54) is 22.5 Å². The number of carbonyl (C=O) groups is 1. The SMILES string of the molecule is CCOC(=O)C1=C(C)N=c2s/c(=C\c3cc(C)n(-c4ccc(C)cc4)c3C)c(=O)n2[C@H]1c1ccc(C(C)C)cc1. The number of fused-ring (bicyclic) bond motifs is 1. The largest absolute Gasteiger partial charge is 0.463 e. The number of allylic oxidation sites excluding steroid dienone is 1. The van der Waals surface area contributed by atoms with Crippen LogP contribution in [0.2, 0.25) is 0 Å². The summed E-state index contributed by atoms with van der Waals surface area (Å²) in [6.07, 6.45) is 1.94. The van der Waals surface area contributed by atoms with Crippen LogP contribution in [-0.2, 0) is 9.53 Å². The van der Waals surface area contributed by atoms with E-state index < -0.39 is 12.0 Å². The van der Waals surface area contributed by atoms with E-state index in [4.69, 9.17) is 9.73 Å². The molecule has 206 valence electrons. The molecule has 0 bridgehead atoms. The molecule has 6 nitrogen and oxygen atoms in total. The Bertz CT molecular complexity index is 1800. The summed E-state index contributed by atoms with van der Waals surface area (Å²) >= 11 is 1.35. The number of nitrogens with zero attached hydrogens (tertiary/aromatic N) is 3. The monoisotopic (exact) mass is 553 g/mol. The maximum atomic E-state index is 14.0. The summed E-state index contributed by atoms with van der Waals surface area (Å²) in [7, 11) is 0. The summed E-state index contributed by atoms with van der Waals surface area (Å²) in [4.78, 5) is 32.5. The highest BCUT2D eigenvalue weighted by Gasteiger charge is 2.33. The molecule has 2 aromatic carbocycles. The Hall–Kier alpha value is -3.97. The zero-order valence-electron chi connectivity index (χ0n) is 24.1. The lowest BCUT2D eigenvalue weighted by Crippen LogP contribution is -2.39. The van der Waals surface area contributed by atoms with Crippen LogP contribution in [0.15, 0.2) is 75.7 Å². The van der Waals surface area contributed by atoms with Gasteiger partial charge in [0.25, 0.3) is 5.56 Å². The minimum Gasteiger partial charge on any atom is -0.463 e. The third-order valence-electron chi connectivity index (χ3n) is 7.48. The number of hydrogen-bond acceptors (Lipinski definition) is 5. The van der Waals surface area contributed by atoms with Crippen molar-refractivity contribution in [1.82, 2.24) is 9.13 Å². The van der Waals surface area contributed by atoms with Crippen LogP contribution >= 0.6 is 11.3 Å². The molecule has 0 amide bonds. The molecule has 1 aliphatic heterocycles. The first-order valence-corrected chi connectivity index (χ1v) is 14.5. The Balaban J connectivity index is 1.67. The van der Waals surface area contributed by atoms with Crippen LogP contribution in [0.4, 0.5) is 0 Å². The summed E-state index contributed by atoms with van der Waals surface area (Å²) in [5, 5.41) is 0. The highest BCUT2D eigenvalue weighted by atomic mass is 32.1. The second kappa shape index (κ2) is 10.9. The Morgan fingerprint density at radius 1 is 1.05 bits per heavy atom. The van der Waals surface area contributed by atoms with Gasteiger partial charge in [-0.3, -0.25) is 9.36 Å². The molecule has 4 aromatic rings.